The van der Waals surface area contributed by atoms with Crippen LogP contribution in [0.15, 0.2) is 22.3 Å². The van der Waals surface area contributed by atoms with Crippen molar-refractivity contribution in [3.8, 4) is 12.1 Å². The summed E-state index contributed by atoms with van der Waals surface area (Å²) in [6.07, 6.45) is 8.96. The topological polar surface area (TPSA) is 196 Å². The highest BCUT2D eigenvalue weighted by Gasteiger charge is 2.33. The Kier molecular flexibility index (Phi) is 21.4. The molecule has 3 atom stereocenters. The van der Waals surface area contributed by atoms with Gasteiger partial charge in [-0.3, -0.25) is 19.2 Å². The highest BCUT2D eigenvalue weighted by Crippen LogP contribution is 2.33. The molecule has 3 aliphatic carbocycles. The smallest absolute Gasteiger partial charge is 0.348 e. The van der Waals surface area contributed by atoms with E-state index in [4.69, 9.17) is 34.2 Å². The normalized spacial score (nSPS) is 20.0. The lowest BCUT2D eigenvalue weighted by Crippen LogP contribution is -2.28. The molecule has 0 aliphatic heterocycles. The minimum absolute atomic E-state index is 0.0281. The van der Waals surface area contributed by atoms with Crippen LogP contribution in [0.3, 0.4) is 0 Å². The van der Waals surface area contributed by atoms with Crippen LogP contribution in [0.2, 0.25) is 0 Å². The van der Waals surface area contributed by atoms with Crippen LogP contribution < -0.4 is 0 Å². The fourth-order valence-corrected chi connectivity index (χ4v) is 5.94. The summed E-state index contributed by atoms with van der Waals surface area (Å²) in [5.41, 5.74) is 1.60. The van der Waals surface area contributed by atoms with E-state index in [-0.39, 0.29) is 43.1 Å². The molecule has 3 rings (SSSR count). The molecule has 0 N–H and O–H groups in total. The minimum atomic E-state index is -0.986. The maximum Gasteiger partial charge on any atom is 0.348 e. The second kappa shape index (κ2) is 24.6. The number of carbonyl (C=O) groups is 6. The van der Waals surface area contributed by atoms with Gasteiger partial charge in [0.2, 0.25) is 0 Å². The van der Waals surface area contributed by atoms with Crippen molar-refractivity contribution in [3.63, 3.8) is 0 Å². The highest BCUT2D eigenvalue weighted by molar-refractivity contribution is 5.99. The van der Waals surface area contributed by atoms with E-state index in [0.29, 0.717) is 68.5 Å². The number of Topliss-reactive ketones (excluding diaryl/α,β-unsaturated/α-hetero) is 1. The van der Waals surface area contributed by atoms with Crippen LogP contribution in [0.5, 0.6) is 0 Å². The zero-order chi connectivity index (χ0) is 37.5. The molecule has 13 heteroatoms. The van der Waals surface area contributed by atoms with Gasteiger partial charge in [0.05, 0.1) is 45.0 Å². The molecule has 13 nitrogen and oxygen atoms in total. The summed E-state index contributed by atoms with van der Waals surface area (Å²) in [5, 5.41) is 18.3. The SMILES string of the molecule is CCOC(=O)/C(C#N)=C1\CCCCC1C(=O)OCC.CCOC(=O)C1=C(C(C#N)C(=O)OCC)CCCC1.CCOC(=O)C1CCCCC1=O. The molecule has 0 radical (unpaired) electrons. The fraction of sp³-hybridized carbons (Fsp3) is 0.676. The third-order valence-electron chi connectivity index (χ3n) is 8.25. The van der Waals surface area contributed by atoms with Gasteiger partial charge in [-0.25, -0.2) is 9.59 Å². The van der Waals surface area contributed by atoms with Gasteiger partial charge >= 0.3 is 29.8 Å². The summed E-state index contributed by atoms with van der Waals surface area (Å²) in [5.74, 6) is -4.19. The van der Waals surface area contributed by atoms with Crippen molar-refractivity contribution in [3.05, 3.63) is 22.3 Å². The number of hydrogen-bond acceptors (Lipinski definition) is 13. The number of carbonyl (C=O) groups excluding carboxylic acids is 6. The predicted octanol–water partition coefficient (Wildman–Crippen LogP) is 5.55. The third kappa shape index (κ3) is 13.8. The maximum absolute atomic E-state index is 11.9. The minimum Gasteiger partial charge on any atom is -0.466 e. The number of rotatable bonds is 11. The van der Waals surface area contributed by atoms with E-state index in [1.165, 1.54) is 0 Å². The first kappa shape index (κ1) is 43.5. The summed E-state index contributed by atoms with van der Waals surface area (Å²) >= 11 is 0. The molecule has 0 spiro atoms. The number of nitriles is 2. The standard InChI is InChI=1S/2C14H19NO4.C9H14O3/c2*1-3-18-13(16)11-8-6-5-7-10(11)12(9-15)14(17)19-4-2;1-2-12-9(11)7-5-3-4-6-8(7)10/h12H,3-8H2,1-2H3;11H,3-8H2,1-2H3;7H,2-6H2,1H3/b;12-10+;. The van der Waals surface area contributed by atoms with Crippen LogP contribution in [0.4, 0.5) is 0 Å². The summed E-state index contributed by atoms with van der Waals surface area (Å²) in [4.78, 5) is 69.6. The van der Waals surface area contributed by atoms with Gasteiger partial charge in [0.15, 0.2) is 5.92 Å². The first-order valence-corrected chi connectivity index (χ1v) is 17.7. The monoisotopic (exact) mass is 700 g/mol. The average Bonchev–Trinajstić information content (AvgIpc) is 3.11. The van der Waals surface area contributed by atoms with Crippen LogP contribution in [0.1, 0.15) is 112 Å². The molecule has 50 heavy (non-hydrogen) atoms. The first-order chi connectivity index (χ1) is 24.1. The molecule has 2 saturated carbocycles. The summed E-state index contributed by atoms with van der Waals surface area (Å²) in [7, 11) is 0. The lowest BCUT2D eigenvalue weighted by molar-refractivity contribution is -0.153. The van der Waals surface area contributed by atoms with Gasteiger partial charge in [-0.2, -0.15) is 10.5 Å². The Hall–Kier alpha value is -4.52. The van der Waals surface area contributed by atoms with E-state index >= 15 is 0 Å². The summed E-state index contributed by atoms with van der Waals surface area (Å²) < 4.78 is 24.5. The van der Waals surface area contributed by atoms with E-state index in [0.717, 1.165) is 38.5 Å². The van der Waals surface area contributed by atoms with Crippen molar-refractivity contribution in [2.45, 2.75) is 112 Å². The van der Waals surface area contributed by atoms with Crippen molar-refractivity contribution < 1.29 is 52.5 Å². The zero-order valence-corrected chi connectivity index (χ0v) is 30.1. The van der Waals surface area contributed by atoms with Gasteiger partial charge < -0.3 is 23.7 Å². The molecule has 0 saturated heterocycles. The number of nitrogens with zero attached hydrogens (tertiary/aromatic N) is 2. The Morgan fingerprint density at radius 2 is 1.18 bits per heavy atom. The van der Waals surface area contributed by atoms with Gasteiger partial charge in [0, 0.05) is 12.0 Å². The summed E-state index contributed by atoms with van der Waals surface area (Å²) in [6.45, 7) is 9.97. The third-order valence-corrected chi connectivity index (χ3v) is 8.25. The molecular formula is C37H52N2O11. The van der Waals surface area contributed by atoms with E-state index in [9.17, 15) is 28.8 Å². The van der Waals surface area contributed by atoms with Crippen molar-refractivity contribution in [2.24, 2.45) is 17.8 Å². The van der Waals surface area contributed by atoms with Gasteiger partial charge in [0.25, 0.3) is 0 Å². The Balaban J connectivity index is 0.000000385. The Morgan fingerprint density at radius 1 is 0.660 bits per heavy atom. The second-order valence-corrected chi connectivity index (χ2v) is 11.5. The number of ketones is 1. The van der Waals surface area contributed by atoms with Crippen LogP contribution in [-0.4, -0.2) is 68.7 Å². The lowest BCUT2D eigenvalue weighted by Gasteiger charge is -2.24. The maximum atomic E-state index is 11.9. The molecule has 0 bridgehead atoms. The van der Waals surface area contributed by atoms with Gasteiger partial charge in [0.1, 0.15) is 23.3 Å². The van der Waals surface area contributed by atoms with Crippen LogP contribution >= 0.6 is 0 Å². The van der Waals surface area contributed by atoms with E-state index < -0.39 is 35.7 Å². The van der Waals surface area contributed by atoms with E-state index in [1.54, 1.807) is 34.6 Å². The number of hydrogen-bond donors (Lipinski definition) is 0. The predicted molar refractivity (Wildman–Crippen MR) is 179 cm³/mol. The molecule has 0 amide bonds. The Morgan fingerprint density at radius 3 is 1.72 bits per heavy atom. The lowest BCUT2D eigenvalue weighted by atomic mass is 9.81. The first-order valence-electron chi connectivity index (χ1n) is 17.7. The fourth-order valence-electron chi connectivity index (χ4n) is 5.94. The van der Waals surface area contributed by atoms with E-state index in [1.807, 2.05) is 12.1 Å². The zero-order valence-electron chi connectivity index (χ0n) is 30.1. The number of esters is 5. The molecular weight excluding hydrogens is 648 g/mol. The van der Waals surface area contributed by atoms with Crippen LogP contribution in [0.25, 0.3) is 0 Å². The quantitative estimate of drug-likeness (QED) is 0.0855. The molecule has 3 unspecified atom stereocenters. The molecule has 3 aliphatic rings. The van der Waals surface area contributed by atoms with Crippen LogP contribution in [0, 0.1) is 40.4 Å². The van der Waals surface area contributed by atoms with Crippen molar-refractivity contribution >= 4 is 35.6 Å². The Labute approximate surface area is 295 Å². The van der Waals surface area contributed by atoms with E-state index in [2.05, 4.69) is 0 Å². The van der Waals surface area contributed by atoms with Gasteiger partial charge in [-0.15, -0.1) is 0 Å². The van der Waals surface area contributed by atoms with Gasteiger partial charge in [-0.1, -0.05) is 12.8 Å². The molecule has 0 aromatic carbocycles. The van der Waals surface area contributed by atoms with Crippen molar-refractivity contribution in [1.82, 2.24) is 0 Å². The van der Waals surface area contributed by atoms with Crippen molar-refractivity contribution in [2.75, 3.05) is 33.0 Å². The molecule has 0 heterocycles. The van der Waals surface area contributed by atoms with Crippen molar-refractivity contribution in [1.29, 1.82) is 10.5 Å². The molecule has 0 aromatic heterocycles. The number of ether oxygens (including phenoxy) is 5. The van der Waals surface area contributed by atoms with Crippen LogP contribution in [-0.2, 0) is 52.5 Å². The Bertz CT molecular complexity index is 1340. The van der Waals surface area contributed by atoms with Gasteiger partial charge in [-0.05, 0) is 104 Å². The second-order valence-electron chi connectivity index (χ2n) is 11.5. The molecule has 2 fully saturated rings. The molecule has 276 valence electrons. The molecule has 0 aromatic rings. The largest absolute Gasteiger partial charge is 0.466 e. The summed E-state index contributed by atoms with van der Waals surface area (Å²) in [6, 6.07) is 3.82. The average molecular weight is 701 g/mol. The highest BCUT2D eigenvalue weighted by atomic mass is 16.5.